The lowest BCUT2D eigenvalue weighted by Crippen LogP contribution is -2.50. The summed E-state index contributed by atoms with van der Waals surface area (Å²) in [4.78, 5) is 2.72. The lowest BCUT2D eigenvalue weighted by molar-refractivity contribution is 0.209. The van der Waals surface area contributed by atoms with Crippen LogP contribution < -0.4 is 5.73 Å². The van der Waals surface area contributed by atoms with Gasteiger partial charge in [-0.3, -0.25) is 9.58 Å². The molecule has 0 atom stereocenters. The summed E-state index contributed by atoms with van der Waals surface area (Å²) in [7, 11) is -1.74. The Morgan fingerprint density at radius 3 is 2.53 bits per heavy atom. The molecular weight excluding hydrogens is 286 g/mol. The van der Waals surface area contributed by atoms with E-state index < -0.39 is 10.0 Å². The molecule has 0 radical (unpaired) electrons. The van der Waals surface area contributed by atoms with E-state index in [1.54, 1.807) is 7.05 Å². The van der Waals surface area contributed by atoms with E-state index in [2.05, 4.69) is 10.00 Å². The van der Waals surface area contributed by atoms with Crippen LogP contribution in [0.15, 0.2) is 17.3 Å². The first kappa shape index (κ1) is 14.4. The van der Waals surface area contributed by atoms with Gasteiger partial charge in [0, 0.05) is 46.0 Å². The van der Waals surface area contributed by atoms with E-state index >= 15 is 0 Å². The third kappa shape index (κ3) is 3.30. The number of rotatable bonds is 4. The van der Waals surface area contributed by atoms with E-state index in [9.17, 15) is 8.42 Å². The third-order valence-electron chi connectivity index (χ3n) is 3.03. The van der Waals surface area contributed by atoms with E-state index in [-0.39, 0.29) is 4.90 Å². The van der Waals surface area contributed by atoms with Gasteiger partial charge in [-0.15, -0.1) is 0 Å². The maximum atomic E-state index is 12.3. The number of aryl methyl sites for hydroxylation is 1. The summed E-state index contributed by atoms with van der Waals surface area (Å²) in [6, 6.07) is 0. The van der Waals surface area contributed by atoms with Crippen molar-refractivity contribution in [3.05, 3.63) is 12.4 Å². The topological polar surface area (TPSA) is 84.5 Å². The van der Waals surface area contributed by atoms with Gasteiger partial charge in [0.25, 0.3) is 0 Å². The minimum Gasteiger partial charge on any atom is -0.392 e. The molecule has 19 heavy (non-hydrogen) atoms. The first-order chi connectivity index (χ1) is 8.89. The van der Waals surface area contributed by atoms with Crippen molar-refractivity contribution in [2.75, 3.05) is 32.7 Å². The number of sulfonamides is 1. The quantitative estimate of drug-likeness (QED) is 0.719. The largest absolute Gasteiger partial charge is 0.392 e. The number of nitrogens with two attached hydrogens (primary N) is 1. The van der Waals surface area contributed by atoms with Gasteiger partial charge in [0.15, 0.2) is 0 Å². The average Bonchev–Trinajstić information content (AvgIpc) is 2.76. The smallest absolute Gasteiger partial charge is 0.246 e. The van der Waals surface area contributed by atoms with Gasteiger partial charge in [-0.1, -0.05) is 12.2 Å². The normalized spacial score (nSPS) is 18.6. The van der Waals surface area contributed by atoms with E-state index in [4.69, 9.17) is 18.0 Å². The monoisotopic (exact) mass is 303 g/mol. The second-order valence-corrected chi connectivity index (χ2v) is 6.96. The molecule has 1 saturated heterocycles. The minimum absolute atomic E-state index is 0.234. The van der Waals surface area contributed by atoms with Gasteiger partial charge in [0.1, 0.15) is 4.90 Å². The molecule has 2 heterocycles. The fraction of sp³-hybridized carbons (Fsp3) is 0.600. The van der Waals surface area contributed by atoms with Crippen molar-refractivity contribution in [2.24, 2.45) is 12.8 Å². The van der Waals surface area contributed by atoms with E-state index in [1.165, 1.54) is 21.4 Å². The molecule has 9 heteroatoms. The highest BCUT2D eigenvalue weighted by Crippen LogP contribution is 2.16. The number of piperazine rings is 1. The number of hydrogen-bond donors (Lipinski definition) is 1. The third-order valence-corrected chi connectivity index (χ3v) is 5.01. The summed E-state index contributed by atoms with van der Waals surface area (Å²) < 4.78 is 27.6. The van der Waals surface area contributed by atoms with Crippen LogP contribution in [0.2, 0.25) is 0 Å². The van der Waals surface area contributed by atoms with Crippen LogP contribution in [0, 0.1) is 0 Å². The fourth-order valence-corrected chi connectivity index (χ4v) is 3.62. The summed E-state index contributed by atoms with van der Waals surface area (Å²) >= 11 is 4.85. The van der Waals surface area contributed by atoms with Crippen molar-refractivity contribution in [3.8, 4) is 0 Å². The standard InChI is InChI=1S/C10H17N5O2S2/c1-13-7-9(6-12-13)19(16,17)15-4-2-14(3-5-15)8-10(11)18/h6-7H,2-5,8H2,1H3,(H2,11,18). The SMILES string of the molecule is Cn1cc(S(=O)(=O)N2CCN(CC(N)=S)CC2)cn1. The Labute approximate surface area is 118 Å². The molecular formula is C10H17N5O2S2. The molecule has 2 N–H and O–H groups in total. The molecule has 1 aliphatic rings. The summed E-state index contributed by atoms with van der Waals surface area (Å²) in [6.07, 6.45) is 2.88. The minimum atomic E-state index is -3.43. The summed E-state index contributed by atoms with van der Waals surface area (Å²) in [5, 5.41) is 3.90. The molecule has 7 nitrogen and oxygen atoms in total. The number of nitrogens with zero attached hydrogens (tertiary/aromatic N) is 4. The van der Waals surface area contributed by atoms with Crippen molar-refractivity contribution in [3.63, 3.8) is 0 Å². The van der Waals surface area contributed by atoms with Gasteiger partial charge in [0.05, 0.1) is 11.2 Å². The highest BCUT2D eigenvalue weighted by Gasteiger charge is 2.29. The molecule has 0 unspecified atom stereocenters. The van der Waals surface area contributed by atoms with Crippen molar-refractivity contribution < 1.29 is 8.42 Å². The van der Waals surface area contributed by atoms with E-state index in [1.807, 2.05) is 0 Å². The molecule has 0 spiro atoms. The molecule has 0 aliphatic carbocycles. The van der Waals surface area contributed by atoms with Gasteiger partial charge >= 0.3 is 0 Å². The first-order valence-corrected chi connectivity index (χ1v) is 7.74. The predicted molar refractivity (Wildman–Crippen MR) is 75.2 cm³/mol. The zero-order valence-corrected chi connectivity index (χ0v) is 12.3. The molecule has 1 fully saturated rings. The van der Waals surface area contributed by atoms with Crippen LogP contribution in [0.3, 0.4) is 0 Å². The summed E-state index contributed by atoms with van der Waals surface area (Å²) in [5.41, 5.74) is 5.48. The Morgan fingerprint density at radius 1 is 1.42 bits per heavy atom. The van der Waals surface area contributed by atoms with Crippen molar-refractivity contribution >= 4 is 27.2 Å². The average molecular weight is 303 g/mol. The van der Waals surface area contributed by atoms with Crippen molar-refractivity contribution in [2.45, 2.75) is 4.90 Å². The highest BCUT2D eigenvalue weighted by atomic mass is 32.2. The molecule has 1 aliphatic heterocycles. The number of hydrogen-bond acceptors (Lipinski definition) is 5. The van der Waals surface area contributed by atoms with Crippen molar-refractivity contribution in [1.29, 1.82) is 0 Å². The molecule has 0 bridgehead atoms. The van der Waals surface area contributed by atoms with Crippen LogP contribution >= 0.6 is 12.2 Å². The molecule has 1 aromatic heterocycles. The summed E-state index contributed by atoms with van der Waals surface area (Å²) in [5.74, 6) is 0. The Balaban J connectivity index is 2.03. The Bertz CT molecular complexity index is 560. The zero-order valence-electron chi connectivity index (χ0n) is 10.7. The Kier molecular flexibility index (Phi) is 4.19. The molecule has 0 saturated carbocycles. The molecule has 1 aromatic rings. The van der Waals surface area contributed by atoms with Crippen LogP contribution in [-0.4, -0.2) is 65.1 Å². The predicted octanol–water partition coefficient (Wildman–Crippen LogP) is -0.987. The van der Waals surface area contributed by atoms with Crippen LogP contribution in [0.4, 0.5) is 0 Å². The molecule has 0 aromatic carbocycles. The zero-order chi connectivity index (χ0) is 14.0. The fourth-order valence-electron chi connectivity index (χ4n) is 2.03. The molecule has 0 amide bonds. The van der Waals surface area contributed by atoms with E-state index in [0.717, 1.165) is 0 Å². The molecule has 106 valence electrons. The van der Waals surface area contributed by atoms with Gasteiger partial charge in [-0.2, -0.15) is 9.40 Å². The number of aromatic nitrogens is 2. The van der Waals surface area contributed by atoms with Crippen LogP contribution in [0.25, 0.3) is 0 Å². The molecule has 2 rings (SSSR count). The highest BCUT2D eigenvalue weighted by molar-refractivity contribution is 7.89. The van der Waals surface area contributed by atoms with E-state index in [0.29, 0.717) is 37.7 Å². The van der Waals surface area contributed by atoms with Gasteiger partial charge in [-0.05, 0) is 0 Å². The van der Waals surface area contributed by atoms with Gasteiger partial charge < -0.3 is 5.73 Å². The Hall–Kier alpha value is -1.03. The Morgan fingerprint density at radius 2 is 2.05 bits per heavy atom. The lowest BCUT2D eigenvalue weighted by atomic mass is 10.3. The maximum absolute atomic E-state index is 12.3. The first-order valence-electron chi connectivity index (χ1n) is 5.89. The second kappa shape index (κ2) is 5.53. The second-order valence-electron chi connectivity index (χ2n) is 4.50. The number of thiocarbonyl (C=S) groups is 1. The van der Waals surface area contributed by atoms with Crippen LogP contribution in [0.1, 0.15) is 0 Å². The van der Waals surface area contributed by atoms with Gasteiger partial charge in [0.2, 0.25) is 10.0 Å². The van der Waals surface area contributed by atoms with Crippen LogP contribution in [-0.2, 0) is 17.1 Å². The van der Waals surface area contributed by atoms with Crippen molar-refractivity contribution in [1.82, 2.24) is 19.0 Å². The lowest BCUT2D eigenvalue weighted by Gasteiger charge is -2.33. The maximum Gasteiger partial charge on any atom is 0.246 e. The van der Waals surface area contributed by atoms with Crippen LogP contribution in [0.5, 0.6) is 0 Å². The summed E-state index contributed by atoms with van der Waals surface area (Å²) in [6.45, 7) is 2.70. The van der Waals surface area contributed by atoms with Gasteiger partial charge in [-0.25, -0.2) is 8.42 Å².